The number of amides is 5. The Morgan fingerprint density at radius 2 is 1.63 bits per heavy atom. The summed E-state index contributed by atoms with van der Waals surface area (Å²) in [6, 6.07) is 16.0. The molecule has 244 valence electrons. The SMILES string of the molecule is COc1ccc(NC(=O)N(C)C[C@H]2Oc3ccc(NC(=O)Nc4ccc5c(c4)OCO5)cc3CC(=O)N([C@H](C)CO)C[C@@H]2C)cc1. The van der Waals surface area contributed by atoms with Crippen molar-refractivity contribution in [1.29, 1.82) is 0 Å². The number of fused-ring (bicyclic) bond motifs is 2. The van der Waals surface area contributed by atoms with Crippen LogP contribution in [0.3, 0.4) is 0 Å². The summed E-state index contributed by atoms with van der Waals surface area (Å²) >= 11 is 0. The highest BCUT2D eigenvalue weighted by atomic mass is 16.7. The van der Waals surface area contributed by atoms with Gasteiger partial charge in [-0.2, -0.15) is 0 Å². The lowest BCUT2D eigenvalue weighted by molar-refractivity contribution is -0.134. The second-order valence-electron chi connectivity index (χ2n) is 11.4. The molecule has 4 N–H and O–H groups in total. The first-order chi connectivity index (χ1) is 22.1. The molecule has 5 rings (SSSR count). The van der Waals surface area contributed by atoms with Crippen LogP contribution in [0.5, 0.6) is 23.0 Å². The number of ether oxygens (including phenoxy) is 4. The lowest BCUT2D eigenvalue weighted by Crippen LogP contribution is -2.48. The van der Waals surface area contributed by atoms with Crippen LogP contribution in [0.1, 0.15) is 19.4 Å². The molecule has 0 radical (unpaired) electrons. The van der Waals surface area contributed by atoms with Crippen molar-refractivity contribution in [2.45, 2.75) is 32.4 Å². The molecule has 0 saturated carbocycles. The molecule has 0 fully saturated rings. The van der Waals surface area contributed by atoms with Crippen molar-refractivity contribution in [1.82, 2.24) is 9.80 Å². The molecular formula is C33H39N5O8. The molecule has 0 aromatic heterocycles. The Balaban J connectivity index is 1.33. The Morgan fingerprint density at radius 1 is 0.978 bits per heavy atom. The van der Waals surface area contributed by atoms with Crippen LogP contribution in [0, 0.1) is 5.92 Å². The molecule has 0 saturated heterocycles. The van der Waals surface area contributed by atoms with Crippen LogP contribution in [-0.4, -0.2) is 85.7 Å². The van der Waals surface area contributed by atoms with Gasteiger partial charge in [-0.25, -0.2) is 9.59 Å². The predicted octanol–water partition coefficient (Wildman–Crippen LogP) is 4.38. The van der Waals surface area contributed by atoms with E-state index in [0.29, 0.717) is 52.2 Å². The number of nitrogens with zero attached hydrogens (tertiary/aromatic N) is 2. The molecule has 2 heterocycles. The van der Waals surface area contributed by atoms with Crippen molar-refractivity contribution in [2.24, 2.45) is 5.92 Å². The molecule has 13 heteroatoms. The van der Waals surface area contributed by atoms with E-state index < -0.39 is 18.2 Å². The third-order valence-corrected chi connectivity index (χ3v) is 7.95. The van der Waals surface area contributed by atoms with Gasteiger partial charge in [0.05, 0.1) is 32.7 Å². The van der Waals surface area contributed by atoms with Gasteiger partial charge in [-0.3, -0.25) is 4.79 Å². The van der Waals surface area contributed by atoms with Crippen molar-refractivity contribution < 1.29 is 38.4 Å². The van der Waals surface area contributed by atoms with Crippen LogP contribution < -0.4 is 34.9 Å². The number of methoxy groups -OCH3 is 1. The summed E-state index contributed by atoms with van der Waals surface area (Å²) < 4.78 is 22.4. The maximum atomic E-state index is 13.5. The summed E-state index contributed by atoms with van der Waals surface area (Å²) in [7, 11) is 3.25. The highest BCUT2D eigenvalue weighted by Crippen LogP contribution is 2.34. The smallest absolute Gasteiger partial charge is 0.323 e. The maximum absolute atomic E-state index is 13.5. The number of carbonyl (C=O) groups excluding carboxylic acids is 3. The van der Waals surface area contributed by atoms with Crippen molar-refractivity contribution in [2.75, 3.05) is 56.6 Å². The van der Waals surface area contributed by atoms with E-state index in [1.807, 2.05) is 6.92 Å². The number of aliphatic hydroxyl groups excluding tert-OH is 1. The Morgan fingerprint density at radius 3 is 2.33 bits per heavy atom. The molecule has 0 spiro atoms. The van der Waals surface area contributed by atoms with Crippen LogP contribution in [0.4, 0.5) is 26.7 Å². The third kappa shape index (κ3) is 7.72. The van der Waals surface area contributed by atoms with E-state index in [9.17, 15) is 19.5 Å². The second kappa shape index (κ2) is 14.3. The van der Waals surface area contributed by atoms with E-state index in [-0.39, 0.29) is 44.2 Å². The molecule has 0 bridgehead atoms. The topological polar surface area (TPSA) is 151 Å². The van der Waals surface area contributed by atoms with Gasteiger partial charge in [0.1, 0.15) is 17.6 Å². The first-order valence-corrected chi connectivity index (χ1v) is 15.0. The highest BCUT2D eigenvalue weighted by molar-refractivity contribution is 6.00. The van der Waals surface area contributed by atoms with E-state index in [0.717, 1.165) is 0 Å². The minimum Gasteiger partial charge on any atom is -0.497 e. The normalized spacial score (nSPS) is 17.8. The van der Waals surface area contributed by atoms with E-state index in [1.54, 1.807) is 86.6 Å². The Labute approximate surface area is 267 Å². The van der Waals surface area contributed by atoms with Gasteiger partial charge in [-0.15, -0.1) is 0 Å². The molecule has 3 atom stereocenters. The van der Waals surface area contributed by atoms with Gasteiger partial charge in [0, 0.05) is 48.2 Å². The van der Waals surface area contributed by atoms with Gasteiger partial charge >= 0.3 is 12.1 Å². The third-order valence-electron chi connectivity index (χ3n) is 7.95. The van der Waals surface area contributed by atoms with E-state index in [4.69, 9.17) is 18.9 Å². The summed E-state index contributed by atoms with van der Waals surface area (Å²) in [6.45, 7) is 4.19. The fraction of sp³-hybridized carbons (Fsp3) is 0.364. The second-order valence-corrected chi connectivity index (χ2v) is 11.4. The fourth-order valence-corrected chi connectivity index (χ4v) is 5.24. The zero-order chi connectivity index (χ0) is 32.8. The molecule has 0 aliphatic carbocycles. The van der Waals surface area contributed by atoms with Gasteiger partial charge < -0.3 is 49.8 Å². The number of anilines is 3. The number of hydrogen-bond donors (Lipinski definition) is 4. The minimum absolute atomic E-state index is 0.00773. The number of aliphatic hydroxyl groups is 1. The lowest BCUT2D eigenvalue weighted by Gasteiger charge is -2.34. The van der Waals surface area contributed by atoms with E-state index in [1.165, 1.54) is 4.90 Å². The van der Waals surface area contributed by atoms with Crippen molar-refractivity contribution >= 4 is 35.0 Å². The number of carbonyl (C=O) groups is 3. The molecule has 5 amide bonds. The molecule has 13 nitrogen and oxygen atoms in total. The molecule has 3 aromatic rings. The van der Waals surface area contributed by atoms with Crippen LogP contribution in [-0.2, 0) is 11.2 Å². The minimum atomic E-state index is -0.502. The monoisotopic (exact) mass is 633 g/mol. The van der Waals surface area contributed by atoms with E-state index >= 15 is 0 Å². The molecule has 2 aliphatic heterocycles. The number of likely N-dealkylation sites (N-methyl/N-ethyl adjacent to an activating group) is 1. The molecule has 46 heavy (non-hydrogen) atoms. The summed E-state index contributed by atoms with van der Waals surface area (Å²) in [5.74, 6) is 1.90. The lowest BCUT2D eigenvalue weighted by atomic mass is 10.0. The zero-order valence-electron chi connectivity index (χ0n) is 26.2. The maximum Gasteiger partial charge on any atom is 0.323 e. The zero-order valence-corrected chi connectivity index (χ0v) is 26.2. The van der Waals surface area contributed by atoms with Crippen LogP contribution in [0.2, 0.25) is 0 Å². The number of urea groups is 2. The molecule has 3 aromatic carbocycles. The molecule has 2 aliphatic rings. The van der Waals surface area contributed by atoms with Crippen LogP contribution >= 0.6 is 0 Å². The van der Waals surface area contributed by atoms with Crippen molar-refractivity contribution in [3.63, 3.8) is 0 Å². The molecular weight excluding hydrogens is 594 g/mol. The van der Waals surface area contributed by atoms with E-state index in [2.05, 4.69) is 16.0 Å². The number of benzene rings is 3. The van der Waals surface area contributed by atoms with Crippen molar-refractivity contribution in [3.8, 4) is 23.0 Å². The quantitative estimate of drug-likeness (QED) is 0.285. The average Bonchev–Trinajstić information content (AvgIpc) is 3.53. The van der Waals surface area contributed by atoms with Gasteiger partial charge in [0.2, 0.25) is 12.7 Å². The summed E-state index contributed by atoms with van der Waals surface area (Å²) in [5, 5.41) is 18.4. The Kier molecular flexibility index (Phi) is 10.0. The van der Waals surface area contributed by atoms with Crippen LogP contribution in [0.15, 0.2) is 60.7 Å². The predicted molar refractivity (Wildman–Crippen MR) is 172 cm³/mol. The Hall–Kier alpha value is -5.17. The van der Waals surface area contributed by atoms with Gasteiger partial charge in [-0.1, -0.05) is 6.92 Å². The first kappa shape index (κ1) is 32.2. The summed E-state index contributed by atoms with van der Waals surface area (Å²) in [4.78, 5) is 42.6. The number of nitrogens with one attached hydrogen (secondary N) is 3. The standard InChI is InChI=1S/C33H39N5O8/c1-20-16-38(21(2)18-39)31(40)14-22-13-24(34-32(41)35-25-8-12-28-29(15-25)45-19-44-28)7-11-27(22)46-30(20)17-37(3)33(42)36-23-5-9-26(43-4)10-6-23/h5-13,15,20-21,30,39H,14,16-19H2,1-4H3,(H,36,42)(H2,34,35,41)/t20-,21+,30+/m0/s1. The largest absolute Gasteiger partial charge is 0.497 e. The number of rotatable bonds is 8. The fourth-order valence-electron chi connectivity index (χ4n) is 5.24. The first-order valence-electron chi connectivity index (χ1n) is 15.0. The highest BCUT2D eigenvalue weighted by Gasteiger charge is 2.32. The van der Waals surface area contributed by atoms with Gasteiger partial charge in [0.25, 0.3) is 0 Å². The van der Waals surface area contributed by atoms with Crippen LogP contribution in [0.25, 0.3) is 0 Å². The van der Waals surface area contributed by atoms with Gasteiger partial charge in [-0.05, 0) is 61.5 Å². The Bertz CT molecular complexity index is 1570. The van der Waals surface area contributed by atoms with Gasteiger partial charge in [0.15, 0.2) is 11.5 Å². The summed E-state index contributed by atoms with van der Waals surface area (Å²) in [6.07, 6.45) is -0.510. The summed E-state index contributed by atoms with van der Waals surface area (Å²) in [5.41, 5.74) is 2.15. The number of hydrogen-bond acceptors (Lipinski definition) is 8. The molecule has 0 unspecified atom stereocenters. The van der Waals surface area contributed by atoms with Crippen molar-refractivity contribution in [3.05, 3.63) is 66.2 Å². The average molecular weight is 634 g/mol.